The molecule has 0 saturated heterocycles. The van der Waals surface area contributed by atoms with Gasteiger partial charge in [-0.2, -0.15) is 5.26 Å². The molecule has 0 bridgehead atoms. The maximum Gasteiger partial charge on any atom is 0.234 e. The number of carbonyl (C=O) groups is 1. The summed E-state index contributed by atoms with van der Waals surface area (Å²) in [6, 6.07) is 2.47. The Morgan fingerprint density at radius 1 is 1.41 bits per heavy atom. The van der Waals surface area contributed by atoms with Crippen LogP contribution in [0, 0.1) is 11.3 Å². The zero-order chi connectivity index (χ0) is 12.5. The second-order valence-corrected chi connectivity index (χ2v) is 4.77. The summed E-state index contributed by atoms with van der Waals surface area (Å²) in [5.74, 6) is 0.0700. The normalized spacial score (nSPS) is 16.8. The summed E-state index contributed by atoms with van der Waals surface area (Å²) in [5.41, 5.74) is 0. The van der Waals surface area contributed by atoms with Gasteiger partial charge in [0.2, 0.25) is 5.91 Å². The van der Waals surface area contributed by atoms with Gasteiger partial charge < -0.3 is 5.32 Å². The molecule has 1 N–H and O–H groups in total. The van der Waals surface area contributed by atoms with E-state index in [0.717, 1.165) is 25.8 Å². The summed E-state index contributed by atoms with van der Waals surface area (Å²) in [4.78, 5) is 13.7. The monoisotopic (exact) mass is 237 g/mol. The molecule has 1 aliphatic carbocycles. The molecule has 96 valence electrons. The highest BCUT2D eigenvalue weighted by Crippen LogP contribution is 2.17. The van der Waals surface area contributed by atoms with E-state index in [4.69, 9.17) is 5.26 Å². The van der Waals surface area contributed by atoms with Gasteiger partial charge in [0, 0.05) is 6.04 Å². The molecule has 1 amide bonds. The van der Waals surface area contributed by atoms with Crippen molar-refractivity contribution >= 4 is 5.91 Å². The highest BCUT2D eigenvalue weighted by molar-refractivity contribution is 5.78. The van der Waals surface area contributed by atoms with Gasteiger partial charge in [-0.1, -0.05) is 26.2 Å². The minimum atomic E-state index is 0.0700. The Bertz CT molecular complexity index is 266. The van der Waals surface area contributed by atoms with E-state index < -0.39 is 0 Å². The van der Waals surface area contributed by atoms with E-state index in [-0.39, 0.29) is 5.91 Å². The Labute approximate surface area is 104 Å². The summed E-state index contributed by atoms with van der Waals surface area (Å²) in [6.07, 6.45) is 6.93. The molecule has 0 heterocycles. The van der Waals surface area contributed by atoms with Gasteiger partial charge in [0.1, 0.15) is 0 Å². The van der Waals surface area contributed by atoms with Crippen LogP contribution in [-0.2, 0) is 4.79 Å². The Morgan fingerprint density at radius 2 is 2.12 bits per heavy atom. The van der Waals surface area contributed by atoms with Gasteiger partial charge in [0.25, 0.3) is 0 Å². The van der Waals surface area contributed by atoms with Crippen LogP contribution in [-0.4, -0.2) is 36.5 Å². The van der Waals surface area contributed by atoms with Crippen LogP contribution in [0.15, 0.2) is 0 Å². The van der Waals surface area contributed by atoms with Gasteiger partial charge in [0.15, 0.2) is 0 Å². The summed E-state index contributed by atoms with van der Waals surface area (Å²) < 4.78 is 0. The van der Waals surface area contributed by atoms with Gasteiger partial charge in [-0.25, -0.2) is 0 Å². The van der Waals surface area contributed by atoms with E-state index in [1.807, 2.05) is 4.90 Å². The molecule has 0 unspecified atom stereocenters. The maximum absolute atomic E-state index is 11.8. The molecule has 4 heteroatoms. The van der Waals surface area contributed by atoms with Crippen molar-refractivity contribution in [2.75, 3.05) is 19.6 Å². The van der Waals surface area contributed by atoms with Gasteiger partial charge >= 0.3 is 0 Å². The third-order valence-corrected chi connectivity index (χ3v) is 3.17. The smallest absolute Gasteiger partial charge is 0.234 e. The van der Waals surface area contributed by atoms with Crippen LogP contribution in [0.2, 0.25) is 0 Å². The predicted octanol–water partition coefficient (Wildman–Crippen LogP) is 1.67. The summed E-state index contributed by atoms with van der Waals surface area (Å²) in [5, 5.41) is 11.8. The topological polar surface area (TPSA) is 56.1 Å². The molecular weight excluding hydrogens is 214 g/mol. The third-order valence-electron chi connectivity index (χ3n) is 3.17. The lowest BCUT2D eigenvalue weighted by Gasteiger charge is -2.24. The number of nitriles is 1. The van der Waals surface area contributed by atoms with Crippen molar-refractivity contribution in [3.8, 4) is 6.07 Å². The predicted molar refractivity (Wildman–Crippen MR) is 67.4 cm³/mol. The van der Waals surface area contributed by atoms with Crippen LogP contribution in [0.5, 0.6) is 0 Å². The SMILES string of the molecule is CCCN(CC#N)CC(=O)NC1CCCCC1. The quantitative estimate of drug-likeness (QED) is 0.715. The molecule has 0 aromatic heterocycles. The second kappa shape index (κ2) is 8.08. The molecular formula is C13H23N3O. The molecule has 0 atom stereocenters. The van der Waals surface area contributed by atoms with Crippen LogP contribution < -0.4 is 5.32 Å². The molecule has 0 aromatic carbocycles. The van der Waals surface area contributed by atoms with E-state index >= 15 is 0 Å². The second-order valence-electron chi connectivity index (χ2n) is 4.77. The number of rotatable bonds is 6. The fourth-order valence-corrected chi connectivity index (χ4v) is 2.35. The first-order valence-electron chi connectivity index (χ1n) is 6.65. The Morgan fingerprint density at radius 3 is 2.71 bits per heavy atom. The fraction of sp³-hybridized carbons (Fsp3) is 0.846. The van der Waals surface area contributed by atoms with Crippen molar-refractivity contribution in [2.45, 2.75) is 51.5 Å². The number of hydrogen-bond donors (Lipinski definition) is 1. The van der Waals surface area contributed by atoms with Crippen LogP contribution in [0.1, 0.15) is 45.4 Å². The van der Waals surface area contributed by atoms with Gasteiger partial charge in [-0.3, -0.25) is 9.69 Å². The lowest BCUT2D eigenvalue weighted by molar-refractivity contribution is -0.123. The first-order valence-corrected chi connectivity index (χ1v) is 6.65. The number of nitrogens with zero attached hydrogens (tertiary/aromatic N) is 2. The van der Waals surface area contributed by atoms with Crippen molar-refractivity contribution < 1.29 is 4.79 Å². The third kappa shape index (κ3) is 5.69. The zero-order valence-corrected chi connectivity index (χ0v) is 10.7. The van der Waals surface area contributed by atoms with E-state index in [1.165, 1.54) is 19.3 Å². The summed E-state index contributed by atoms with van der Waals surface area (Å²) in [7, 11) is 0. The molecule has 17 heavy (non-hydrogen) atoms. The van der Waals surface area contributed by atoms with Crippen molar-refractivity contribution in [1.82, 2.24) is 10.2 Å². The van der Waals surface area contributed by atoms with Crippen molar-refractivity contribution in [1.29, 1.82) is 5.26 Å². The van der Waals surface area contributed by atoms with Crippen LogP contribution >= 0.6 is 0 Å². The first-order chi connectivity index (χ1) is 8.26. The molecule has 0 aliphatic heterocycles. The molecule has 1 saturated carbocycles. The van der Waals surface area contributed by atoms with Gasteiger partial charge in [-0.15, -0.1) is 0 Å². The summed E-state index contributed by atoms with van der Waals surface area (Å²) in [6.45, 7) is 3.57. The first kappa shape index (κ1) is 14.0. The van der Waals surface area contributed by atoms with E-state index in [0.29, 0.717) is 19.1 Å². The molecule has 0 radical (unpaired) electrons. The molecule has 1 rings (SSSR count). The lowest BCUT2D eigenvalue weighted by Crippen LogP contribution is -2.43. The fourth-order valence-electron chi connectivity index (χ4n) is 2.35. The average Bonchev–Trinajstić information content (AvgIpc) is 2.30. The summed E-state index contributed by atoms with van der Waals surface area (Å²) >= 11 is 0. The van der Waals surface area contributed by atoms with Gasteiger partial charge in [-0.05, 0) is 25.8 Å². The standard InChI is InChI=1S/C13H23N3O/c1-2-9-16(10-8-14)11-13(17)15-12-6-4-3-5-7-12/h12H,2-7,9-11H2,1H3,(H,15,17). The molecule has 0 aromatic rings. The Balaban J connectivity index is 2.28. The zero-order valence-electron chi connectivity index (χ0n) is 10.7. The lowest BCUT2D eigenvalue weighted by atomic mass is 9.95. The molecule has 1 aliphatic rings. The van der Waals surface area contributed by atoms with Crippen LogP contribution in [0.25, 0.3) is 0 Å². The van der Waals surface area contributed by atoms with Crippen LogP contribution in [0.3, 0.4) is 0 Å². The average molecular weight is 237 g/mol. The molecule has 1 fully saturated rings. The minimum Gasteiger partial charge on any atom is -0.352 e. The number of hydrogen-bond acceptors (Lipinski definition) is 3. The van der Waals surface area contributed by atoms with E-state index in [2.05, 4.69) is 18.3 Å². The Kier molecular flexibility index (Phi) is 6.64. The van der Waals surface area contributed by atoms with Crippen molar-refractivity contribution in [2.24, 2.45) is 0 Å². The van der Waals surface area contributed by atoms with Crippen LogP contribution in [0.4, 0.5) is 0 Å². The van der Waals surface area contributed by atoms with Gasteiger partial charge in [0.05, 0.1) is 19.2 Å². The minimum absolute atomic E-state index is 0.0700. The number of amides is 1. The highest BCUT2D eigenvalue weighted by Gasteiger charge is 2.17. The highest BCUT2D eigenvalue weighted by atomic mass is 16.2. The largest absolute Gasteiger partial charge is 0.352 e. The number of carbonyl (C=O) groups excluding carboxylic acids is 1. The van der Waals surface area contributed by atoms with Crippen molar-refractivity contribution in [3.63, 3.8) is 0 Å². The molecule has 0 spiro atoms. The molecule has 4 nitrogen and oxygen atoms in total. The van der Waals surface area contributed by atoms with Crippen molar-refractivity contribution in [3.05, 3.63) is 0 Å². The maximum atomic E-state index is 11.8. The Hall–Kier alpha value is -1.08. The van der Waals surface area contributed by atoms with E-state index in [1.54, 1.807) is 0 Å². The van der Waals surface area contributed by atoms with E-state index in [9.17, 15) is 4.79 Å². The number of nitrogens with one attached hydrogen (secondary N) is 1.